The lowest BCUT2D eigenvalue weighted by molar-refractivity contribution is 0.411. The summed E-state index contributed by atoms with van der Waals surface area (Å²) in [6, 6.07) is 7.41. The Morgan fingerprint density at radius 2 is 2.00 bits per heavy atom. The number of aromatic amines is 1. The lowest BCUT2D eigenvalue weighted by Crippen LogP contribution is -2.19. The molecule has 1 heterocycles. The summed E-state index contributed by atoms with van der Waals surface area (Å²) >= 11 is 0. The summed E-state index contributed by atoms with van der Waals surface area (Å²) in [7, 11) is -2.30. The summed E-state index contributed by atoms with van der Waals surface area (Å²) in [5, 5.41) is 0. The fourth-order valence-corrected chi connectivity index (χ4v) is 2.87. The SMILES string of the molecule is COc1ccc(S(=O)(=O)Nc2ccc[nH]c2=O)cc1C. The fraction of sp³-hybridized carbons (Fsp3) is 0.154. The van der Waals surface area contributed by atoms with Gasteiger partial charge in [-0.25, -0.2) is 8.42 Å². The number of sulfonamides is 1. The molecule has 0 amide bonds. The van der Waals surface area contributed by atoms with Crippen LogP contribution in [0.1, 0.15) is 5.56 Å². The van der Waals surface area contributed by atoms with Crippen molar-refractivity contribution in [2.45, 2.75) is 11.8 Å². The van der Waals surface area contributed by atoms with Gasteiger partial charge in [0, 0.05) is 6.20 Å². The Morgan fingerprint density at radius 1 is 1.25 bits per heavy atom. The normalized spacial score (nSPS) is 11.1. The third-order valence-corrected chi connectivity index (χ3v) is 4.10. The van der Waals surface area contributed by atoms with Crippen LogP contribution in [0.3, 0.4) is 0 Å². The number of aromatic nitrogens is 1. The Hall–Kier alpha value is -2.28. The maximum atomic E-state index is 12.2. The van der Waals surface area contributed by atoms with Gasteiger partial charge in [0.2, 0.25) is 0 Å². The molecule has 0 fully saturated rings. The van der Waals surface area contributed by atoms with Gasteiger partial charge in [0.1, 0.15) is 11.4 Å². The molecule has 0 spiro atoms. The second-order valence-electron chi connectivity index (χ2n) is 4.15. The van der Waals surface area contributed by atoms with Crippen LogP contribution < -0.4 is 15.0 Å². The highest BCUT2D eigenvalue weighted by molar-refractivity contribution is 7.92. The molecule has 0 unspecified atom stereocenters. The van der Waals surface area contributed by atoms with E-state index in [0.29, 0.717) is 11.3 Å². The van der Waals surface area contributed by atoms with Crippen molar-refractivity contribution in [3.05, 3.63) is 52.4 Å². The molecule has 20 heavy (non-hydrogen) atoms. The summed E-state index contributed by atoms with van der Waals surface area (Å²) in [4.78, 5) is 14.0. The van der Waals surface area contributed by atoms with Gasteiger partial charge in [0.05, 0.1) is 12.0 Å². The van der Waals surface area contributed by atoms with E-state index in [1.54, 1.807) is 19.1 Å². The molecule has 0 saturated heterocycles. The minimum absolute atomic E-state index is 0.0269. The predicted molar refractivity (Wildman–Crippen MR) is 75.6 cm³/mol. The van der Waals surface area contributed by atoms with E-state index in [2.05, 4.69) is 9.71 Å². The maximum absolute atomic E-state index is 12.2. The molecule has 1 aromatic carbocycles. The van der Waals surface area contributed by atoms with Crippen molar-refractivity contribution in [1.82, 2.24) is 4.98 Å². The summed E-state index contributed by atoms with van der Waals surface area (Å²) in [5.74, 6) is 0.599. The van der Waals surface area contributed by atoms with Crippen molar-refractivity contribution in [2.24, 2.45) is 0 Å². The first-order valence-electron chi connectivity index (χ1n) is 5.79. The minimum atomic E-state index is -3.81. The number of pyridine rings is 1. The second-order valence-corrected chi connectivity index (χ2v) is 5.83. The Morgan fingerprint density at radius 3 is 2.60 bits per heavy atom. The Balaban J connectivity index is 2.39. The van der Waals surface area contributed by atoms with Crippen LogP contribution in [0.15, 0.2) is 46.2 Å². The molecule has 106 valence electrons. The molecule has 2 rings (SSSR count). The molecule has 0 bridgehead atoms. The number of ether oxygens (including phenoxy) is 1. The summed E-state index contributed by atoms with van der Waals surface area (Å²) in [5.41, 5.74) is 0.166. The Kier molecular flexibility index (Phi) is 3.80. The summed E-state index contributed by atoms with van der Waals surface area (Å²) < 4.78 is 31.7. The zero-order valence-electron chi connectivity index (χ0n) is 11.0. The van der Waals surface area contributed by atoms with Crippen molar-refractivity contribution >= 4 is 15.7 Å². The van der Waals surface area contributed by atoms with Gasteiger partial charge in [0.15, 0.2) is 0 Å². The van der Waals surface area contributed by atoms with E-state index < -0.39 is 15.6 Å². The topological polar surface area (TPSA) is 88.3 Å². The van der Waals surface area contributed by atoms with E-state index >= 15 is 0 Å². The molecule has 0 aliphatic carbocycles. The molecule has 0 aliphatic rings. The van der Waals surface area contributed by atoms with Crippen LogP contribution in [0, 0.1) is 6.92 Å². The average Bonchev–Trinajstić information content (AvgIpc) is 2.41. The molecule has 0 radical (unpaired) electrons. The Labute approximate surface area is 116 Å². The van der Waals surface area contributed by atoms with Gasteiger partial charge in [-0.05, 0) is 42.8 Å². The monoisotopic (exact) mass is 294 g/mol. The van der Waals surface area contributed by atoms with Crippen LogP contribution in [0.25, 0.3) is 0 Å². The number of hydrogen-bond acceptors (Lipinski definition) is 4. The lowest BCUT2D eigenvalue weighted by Gasteiger charge is -2.09. The van der Waals surface area contributed by atoms with Crippen molar-refractivity contribution < 1.29 is 13.2 Å². The third-order valence-electron chi connectivity index (χ3n) is 2.74. The van der Waals surface area contributed by atoms with E-state index in [4.69, 9.17) is 4.74 Å². The number of anilines is 1. The number of rotatable bonds is 4. The van der Waals surface area contributed by atoms with Crippen LogP contribution in [0.4, 0.5) is 5.69 Å². The number of benzene rings is 1. The summed E-state index contributed by atoms with van der Waals surface area (Å²) in [6.07, 6.45) is 1.43. The van der Waals surface area contributed by atoms with Gasteiger partial charge in [-0.2, -0.15) is 0 Å². The van der Waals surface area contributed by atoms with Crippen LogP contribution in [0.2, 0.25) is 0 Å². The highest BCUT2D eigenvalue weighted by Crippen LogP contribution is 2.22. The van der Waals surface area contributed by atoms with Gasteiger partial charge in [-0.1, -0.05) is 0 Å². The highest BCUT2D eigenvalue weighted by atomic mass is 32.2. The highest BCUT2D eigenvalue weighted by Gasteiger charge is 2.16. The second kappa shape index (κ2) is 5.38. The van der Waals surface area contributed by atoms with Gasteiger partial charge in [0.25, 0.3) is 15.6 Å². The molecule has 6 nitrogen and oxygen atoms in total. The number of nitrogens with one attached hydrogen (secondary N) is 2. The fourth-order valence-electron chi connectivity index (χ4n) is 1.72. The lowest BCUT2D eigenvalue weighted by atomic mass is 10.2. The summed E-state index contributed by atoms with van der Waals surface area (Å²) in [6.45, 7) is 1.74. The van der Waals surface area contributed by atoms with Crippen LogP contribution in [-0.4, -0.2) is 20.5 Å². The number of hydrogen-bond donors (Lipinski definition) is 2. The molecule has 2 N–H and O–H groups in total. The number of methoxy groups -OCH3 is 1. The van der Waals surface area contributed by atoms with Gasteiger partial charge in [-0.15, -0.1) is 0 Å². The molecule has 7 heteroatoms. The zero-order chi connectivity index (χ0) is 14.8. The van der Waals surface area contributed by atoms with Gasteiger partial charge in [-0.3, -0.25) is 9.52 Å². The molecule has 0 atom stereocenters. The first-order valence-corrected chi connectivity index (χ1v) is 7.27. The number of aryl methyl sites for hydroxylation is 1. The van der Waals surface area contributed by atoms with Gasteiger partial charge < -0.3 is 9.72 Å². The van der Waals surface area contributed by atoms with Crippen LogP contribution in [-0.2, 0) is 10.0 Å². The molecule has 0 saturated carbocycles. The Bertz CT molecular complexity index is 781. The average molecular weight is 294 g/mol. The molecular weight excluding hydrogens is 280 g/mol. The maximum Gasteiger partial charge on any atom is 0.272 e. The van der Waals surface area contributed by atoms with Crippen molar-refractivity contribution in [3.8, 4) is 5.75 Å². The largest absolute Gasteiger partial charge is 0.496 e. The van der Waals surface area contributed by atoms with Crippen molar-refractivity contribution in [2.75, 3.05) is 11.8 Å². The smallest absolute Gasteiger partial charge is 0.272 e. The van der Waals surface area contributed by atoms with Crippen molar-refractivity contribution in [3.63, 3.8) is 0 Å². The van der Waals surface area contributed by atoms with E-state index in [1.165, 1.54) is 31.5 Å². The number of H-pyrrole nitrogens is 1. The van der Waals surface area contributed by atoms with E-state index in [9.17, 15) is 13.2 Å². The van der Waals surface area contributed by atoms with E-state index in [1.807, 2.05) is 0 Å². The predicted octanol–water partition coefficient (Wildman–Crippen LogP) is 1.49. The molecule has 2 aromatic rings. The van der Waals surface area contributed by atoms with E-state index in [0.717, 1.165) is 0 Å². The van der Waals surface area contributed by atoms with Crippen molar-refractivity contribution in [1.29, 1.82) is 0 Å². The standard InChI is InChI=1S/C13H14N2O4S/c1-9-8-10(5-6-12(9)19-2)20(17,18)15-11-4-3-7-14-13(11)16/h3-8,15H,1-2H3,(H,14,16). The third kappa shape index (κ3) is 2.83. The molecule has 1 aromatic heterocycles. The van der Waals surface area contributed by atoms with Gasteiger partial charge >= 0.3 is 0 Å². The quantitative estimate of drug-likeness (QED) is 0.894. The first-order chi connectivity index (χ1) is 9.44. The van der Waals surface area contributed by atoms with E-state index in [-0.39, 0.29) is 10.6 Å². The first kappa shape index (κ1) is 14.1. The molecular formula is C13H14N2O4S. The molecule has 0 aliphatic heterocycles. The zero-order valence-corrected chi connectivity index (χ0v) is 11.8. The minimum Gasteiger partial charge on any atom is -0.496 e. The van der Waals surface area contributed by atoms with Crippen LogP contribution >= 0.6 is 0 Å². The van der Waals surface area contributed by atoms with Crippen LogP contribution in [0.5, 0.6) is 5.75 Å².